The van der Waals surface area contributed by atoms with Gasteiger partial charge in [0.05, 0.1) is 10.7 Å². The van der Waals surface area contributed by atoms with Crippen LogP contribution in [0.2, 0.25) is 5.02 Å². The molecular weight excluding hydrogens is 387 g/mol. The number of amides is 2. The molecule has 0 aliphatic heterocycles. The number of anilines is 2. The Hall–Kier alpha value is -3.32. The van der Waals surface area contributed by atoms with Crippen molar-refractivity contribution in [3.05, 3.63) is 77.0 Å². The lowest BCUT2D eigenvalue weighted by atomic mass is 10.2. The fraction of sp³-hybridized carbons (Fsp3) is 0.100. The Morgan fingerprint density at radius 3 is 2.50 bits per heavy atom. The van der Waals surface area contributed by atoms with Crippen LogP contribution in [0.1, 0.15) is 23.2 Å². The second-order valence-corrected chi connectivity index (χ2v) is 6.25. The van der Waals surface area contributed by atoms with Crippen LogP contribution in [-0.2, 0) is 11.4 Å². The van der Waals surface area contributed by atoms with Crippen molar-refractivity contribution in [3.63, 3.8) is 0 Å². The molecular formula is C20H16ClFN2O4. The molecule has 0 aliphatic carbocycles. The Bertz CT molecular complexity index is 1000. The number of hydrogen-bond donors (Lipinski definition) is 2. The van der Waals surface area contributed by atoms with E-state index >= 15 is 0 Å². The number of furan rings is 1. The Kier molecular flexibility index (Phi) is 5.96. The number of benzene rings is 2. The topological polar surface area (TPSA) is 80.6 Å². The molecule has 0 saturated heterocycles. The van der Waals surface area contributed by atoms with Crippen LogP contribution in [-0.4, -0.2) is 11.8 Å². The van der Waals surface area contributed by atoms with Crippen LogP contribution >= 0.6 is 11.6 Å². The van der Waals surface area contributed by atoms with Gasteiger partial charge in [-0.15, -0.1) is 0 Å². The van der Waals surface area contributed by atoms with Gasteiger partial charge in [-0.1, -0.05) is 11.6 Å². The van der Waals surface area contributed by atoms with E-state index in [0.717, 1.165) is 0 Å². The number of halogens is 2. The van der Waals surface area contributed by atoms with Crippen LogP contribution in [0, 0.1) is 5.82 Å². The molecule has 8 heteroatoms. The molecule has 2 N–H and O–H groups in total. The predicted octanol–water partition coefficient (Wildman–Crippen LogP) is 4.86. The summed E-state index contributed by atoms with van der Waals surface area (Å²) in [5, 5.41) is 5.51. The van der Waals surface area contributed by atoms with Crippen molar-refractivity contribution in [1.82, 2.24) is 0 Å². The highest BCUT2D eigenvalue weighted by molar-refractivity contribution is 6.34. The van der Waals surface area contributed by atoms with Gasteiger partial charge in [0, 0.05) is 12.6 Å². The zero-order valence-electron chi connectivity index (χ0n) is 14.8. The molecule has 28 heavy (non-hydrogen) atoms. The van der Waals surface area contributed by atoms with Gasteiger partial charge in [-0.2, -0.15) is 0 Å². The highest BCUT2D eigenvalue weighted by atomic mass is 35.5. The molecule has 0 aliphatic rings. The largest absolute Gasteiger partial charge is 0.486 e. The van der Waals surface area contributed by atoms with Gasteiger partial charge in [0.15, 0.2) is 5.76 Å². The van der Waals surface area contributed by atoms with E-state index in [1.54, 1.807) is 18.2 Å². The lowest BCUT2D eigenvalue weighted by Gasteiger charge is -2.08. The van der Waals surface area contributed by atoms with Gasteiger partial charge < -0.3 is 19.8 Å². The third-order valence-corrected chi connectivity index (χ3v) is 3.93. The minimum Gasteiger partial charge on any atom is -0.486 e. The quantitative estimate of drug-likeness (QED) is 0.617. The maximum absolute atomic E-state index is 12.9. The lowest BCUT2D eigenvalue weighted by Crippen LogP contribution is -2.12. The molecule has 3 aromatic rings. The van der Waals surface area contributed by atoms with Crippen molar-refractivity contribution in [2.45, 2.75) is 13.5 Å². The molecule has 0 radical (unpaired) electrons. The van der Waals surface area contributed by atoms with E-state index in [0.29, 0.717) is 22.9 Å². The summed E-state index contributed by atoms with van der Waals surface area (Å²) in [6, 6.07) is 13.4. The van der Waals surface area contributed by atoms with Crippen LogP contribution in [0.15, 0.2) is 59.0 Å². The van der Waals surface area contributed by atoms with Crippen molar-refractivity contribution in [3.8, 4) is 5.75 Å². The zero-order chi connectivity index (χ0) is 20.1. The molecule has 1 heterocycles. The predicted molar refractivity (Wildman–Crippen MR) is 103 cm³/mol. The molecule has 0 unspecified atom stereocenters. The Balaban J connectivity index is 1.60. The average Bonchev–Trinajstić information content (AvgIpc) is 3.12. The van der Waals surface area contributed by atoms with Crippen LogP contribution in [0.5, 0.6) is 5.75 Å². The molecule has 144 valence electrons. The van der Waals surface area contributed by atoms with Gasteiger partial charge in [-0.25, -0.2) is 4.39 Å². The van der Waals surface area contributed by atoms with E-state index in [9.17, 15) is 14.0 Å². The highest BCUT2D eigenvalue weighted by Crippen LogP contribution is 2.26. The first-order valence-electron chi connectivity index (χ1n) is 8.26. The maximum atomic E-state index is 12.9. The number of nitrogens with one attached hydrogen (secondary N) is 2. The van der Waals surface area contributed by atoms with Crippen molar-refractivity contribution in [2.24, 2.45) is 0 Å². The van der Waals surface area contributed by atoms with Crippen LogP contribution in [0.25, 0.3) is 0 Å². The van der Waals surface area contributed by atoms with Crippen molar-refractivity contribution in [2.75, 3.05) is 10.6 Å². The molecule has 2 amide bonds. The van der Waals surface area contributed by atoms with Gasteiger partial charge in [0.1, 0.15) is 23.9 Å². The Morgan fingerprint density at radius 2 is 1.82 bits per heavy atom. The molecule has 1 aromatic heterocycles. The molecule has 2 aromatic carbocycles. The van der Waals surface area contributed by atoms with Gasteiger partial charge in [-0.05, 0) is 54.6 Å². The first kappa shape index (κ1) is 19.4. The molecule has 6 nitrogen and oxygen atoms in total. The maximum Gasteiger partial charge on any atom is 0.291 e. The Morgan fingerprint density at radius 1 is 1.07 bits per heavy atom. The fourth-order valence-corrected chi connectivity index (χ4v) is 2.57. The number of carbonyl (C=O) groups is 2. The second-order valence-electron chi connectivity index (χ2n) is 5.84. The number of hydrogen-bond acceptors (Lipinski definition) is 4. The van der Waals surface area contributed by atoms with Crippen molar-refractivity contribution < 1.29 is 23.1 Å². The molecule has 0 bridgehead atoms. The van der Waals surface area contributed by atoms with E-state index in [-0.39, 0.29) is 29.1 Å². The van der Waals surface area contributed by atoms with Gasteiger partial charge >= 0.3 is 0 Å². The third-order valence-electron chi connectivity index (χ3n) is 3.62. The summed E-state index contributed by atoms with van der Waals surface area (Å²) in [7, 11) is 0. The number of rotatable bonds is 6. The minimum atomic E-state index is -0.484. The first-order chi connectivity index (χ1) is 13.4. The normalized spacial score (nSPS) is 10.4. The first-order valence-corrected chi connectivity index (χ1v) is 8.64. The van der Waals surface area contributed by atoms with E-state index < -0.39 is 5.91 Å². The smallest absolute Gasteiger partial charge is 0.291 e. The van der Waals surface area contributed by atoms with E-state index in [4.69, 9.17) is 20.8 Å². The summed E-state index contributed by atoms with van der Waals surface area (Å²) in [5.41, 5.74) is 0.898. The summed E-state index contributed by atoms with van der Waals surface area (Å²) in [4.78, 5) is 23.4. The molecule has 0 fully saturated rings. The van der Waals surface area contributed by atoms with Crippen LogP contribution in [0.4, 0.5) is 15.8 Å². The minimum absolute atomic E-state index is 0.0831. The van der Waals surface area contributed by atoms with Crippen LogP contribution < -0.4 is 15.4 Å². The van der Waals surface area contributed by atoms with Crippen LogP contribution in [0.3, 0.4) is 0 Å². The molecule has 0 saturated carbocycles. The summed E-state index contributed by atoms with van der Waals surface area (Å²) < 4.78 is 23.8. The monoisotopic (exact) mass is 402 g/mol. The Labute approximate surface area is 165 Å². The number of carbonyl (C=O) groups excluding carboxylic acids is 2. The van der Waals surface area contributed by atoms with Crippen molar-refractivity contribution in [1.29, 1.82) is 0 Å². The van der Waals surface area contributed by atoms with E-state index in [2.05, 4.69) is 10.6 Å². The number of ether oxygens (including phenoxy) is 1. The summed E-state index contributed by atoms with van der Waals surface area (Å²) in [6.45, 7) is 1.48. The van der Waals surface area contributed by atoms with E-state index in [1.165, 1.54) is 43.3 Å². The van der Waals surface area contributed by atoms with Gasteiger partial charge in [0.25, 0.3) is 5.91 Å². The average molecular weight is 403 g/mol. The van der Waals surface area contributed by atoms with Crippen molar-refractivity contribution >= 4 is 34.8 Å². The lowest BCUT2D eigenvalue weighted by molar-refractivity contribution is -0.114. The van der Waals surface area contributed by atoms with E-state index in [1.807, 2.05) is 0 Å². The second kappa shape index (κ2) is 8.58. The SMILES string of the molecule is CC(=O)Nc1ccc(NC(=O)c2ccc(COc3ccc(F)cc3)o2)c(Cl)c1. The molecule has 0 atom stereocenters. The summed E-state index contributed by atoms with van der Waals surface area (Å²) in [5.74, 6) is -0.0646. The van der Waals surface area contributed by atoms with Gasteiger partial charge in [-0.3, -0.25) is 9.59 Å². The third kappa shape index (κ3) is 5.11. The summed E-state index contributed by atoms with van der Waals surface area (Å²) >= 11 is 6.13. The van der Waals surface area contributed by atoms with Gasteiger partial charge in [0.2, 0.25) is 5.91 Å². The molecule has 3 rings (SSSR count). The highest BCUT2D eigenvalue weighted by Gasteiger charge is 2.14. The zero-order valence-corrected chi connectivity index (χ0v) is 15.5. The molecule has 0 spiro atoms. The summed E-state index contributed by atoms with van der Waals surface area (Å²) in [6.07, 6.45) is 0. The standard InChI is InChI=1S/C20H16ClFN2O4/c1-12(25)23-14-4-8-18(17(21)10-14)24-20(26)19-9-7-16(28-19)11-27-15-5-2-13(22)3-6-15/h2-10H,11H2,1H3,(H,23,25)(H,24,26). The fourth-order valence-electron chi connectivity index (χ4n) is 2.34.